The third kappa shape index (κ3) is 5.39. The first-order chi connectivity index (χ1) is 15.2. The van der Waals surface area contributed by atoms with Crippen LogP contribution in [0.15, 0.2) is 83.5 Å². The minimum absolute atomic E-state index is 0.183. The molecule has 0 aliphatic rings. The molecule has 8 heteroatoms. The molecule has 154 valence electrons. The van der Waals surface area contributed by atoms with Crippen molar-refractivity contribution in [3.63, 3.8) is 0 Å². The Morgan fingerprint density at radius 1 is 0.871 bits per heavy atom. The summed E-state index contributed by atoms with van der Waals surface area (Å²) in [5.74, 6) is 0.344. The van der Waals surface area contributed by atoms with Crippen LogP contribution in [0.2, 0.25) is 0 Å². The normalized spacial score (nSPS) is 10.5. The molecule has 4 rings (SSSR count). The van der Waals surface area contributed by atoms with Gasteiger partial charge >= 0.3 is 0 Å². The highest BCUT2D eigenvalue weighted by Crippen LogP contribution is 2.19. The molecule has 8 nitrogen and oxygen atoms in total. The van der Waals surface area contributed by atoms with Gasteiger partial charge < -0.3 is 15.1 Å². The van der Waals surface area contributed by atoms with Crippen molar-refractivity contribution < 1.29 is 14.0 Å². The summed E-state index contributed by atoms with van der Waals surface area (Å²) in [4.78, 5) is 28.5. The number of hydrogen-bond donors (Lipinski definition) is 2. The van der Waals surface area contributed by atoms with Crippen molar-refractivity contribution in [2.24, 2.45) is 0 Å². The Labute approximate surface area is 178 Å². The van der Waals surface area contributed by atoms with Crippen LogP contribution in [0.4, 0.5) is 11.4 Å². The number of pyridine rings is 1. The van der Waals surface area contributed by atoms with Crippen LogP contribution in [-0.4, -0.2) is 27.0 Å². The minimum Gasteiger partial charge on any atom is -0.421 e. The smallest absolute Gasteiger partial charge is 0.257 e. The molecule has 2 aromatic heterocycles. The highest BCUT2D eigenvalue weighted by Gasteiger charge is 2.11. The standard InChI is InChI=1S/C23H19N5O3/c29-20(11-12-21-27-28-23(31-21)16-6-2-1-3-7-16)25-18-9-4-10-19(14-18)26-22(30)17-8-5-13-24-15-17/h1-10,13-15H,11-12H2,(H,25,29)(H,26,30). The highest BCUT2D eigenvalue weighted by atomic mass is 16.4. The van der Waals surface area contributed by atoms with Crippen molar-refractivity contribution in [1.29, 1.82) is 0 Å². The average Bonchev–Trinajstić information content (AvgIpc) is 3.28. The second-order valence-electron chi connectivity index (χ2n) is 6.69. The van der Waals surface area contributed by atoms with E-state index in [9.17, 15) is 9.59 Å². The molecule has 0 aliphatic heterocycles. The molecular weight excluding hydrogens is 394 g/mol. The molecule has 0 radical (unpaired) electrons. The van der Waals surface area contributed by atoms with E-state index < -0.39 is 0 Å². The van der Waals surface area contributed by atoms with Crippen molar-refractivity contribution in [2.45, 2.75) is 12.8 Å². The number of nitrogens with zero attached hydrogens (tertiary/aromatic N) is 3. The molecule has 2 amide bonds. The fraction of sp³-hybridized carbons (Fsp3) is 0.0870. The lowest BCUT2D eigenvalue weighted by atomic mass is 10.2. The van der Waals surface area contributed by atoms with Crippen LogP contribution in [0.5, 0.6) is 0 Å². The number of amides is 2. The number of hydrogen-bond acceptors (Lipinski definition) is 6. The lowest BCUT2D eigenvalue weighted by molar-refractivity contribution is -0.116. The van der Waals surface area contributed by atoms with E-state index in [-0.39, 0.29) is 18.2 Å². The molecule has 0 saturated carbocycles. The summed E-state index contributed by atoms with van der Waals surface area (Å²) in [6.07, 6.45) is 3.59. The molecule has 4 aromatic rings. The van der Waals surface area contributed by atoms with Crippen LogP contribution in [0.25, 0.3) is 11.5 Å². The lowest BCUT2D eigenvalue weighted by Crippen LogP contribution is -2.14. The Morgan fingerprint density at radius 3 is 2.45 bits per heavy atom. The van der Waals surface area contributed by atoms with Crippen molar-refractivity contribution in [3.05, 3.63) is 90.6 Å². The van der Waals surface area contributed by atoms with Gasteiger partial charge in [-0.05, 0) is 42.5 Å². The van der Waals surface area contributed by atoms with Gasteiger partial charge in [0.2, 0.25) is 17.7 Å². The number of carbonyl (C=O) groups excluding carboxylic acids is 2. The molecular formula is C23H19N5O3. The van der Waals surface area contributed by atoms with Gasteiger partial charge in [0.1, 0.15) is 0 Å². The van der Waals surface area contributed by atoms with Gasteiger partial charge in [-0.3, -0.25) is 14.6 Å². The Balaban J connectivity index is 1.31. The molecule has 2 N–H and O–H groups in total. The van der Waals surface area contributed by atoms with Gasteiger partial charge in [0.15, 0.2) is 0 Å². The number of nitrogens with one attached hydrogen (secondary N) is 2. The van der Waals surface area contributed by atoms with Gasteiger partial charge in [0.05, 0.1) is 5.56 Å². The first-order valence-corrected chi connectivity index (χ1v) is 9.66. The maximum absolute atomic E-state index is 12.3. The van der Waals surface area contributed by atoms with E-state index in [0.29, 0.717) is 35.1 Å². The molecule has 0 atom stereocenters. The molecule has 0 unspecified atom stereocenters. The van der Waals surface area contributed by atoms with Crippen molar-refractivity contribution in [3.8, 4) is 11.5 Å². The first kappa shape index (κ1) is 20.0. The van der Waals surface area contributed by atoms with Gasteiger partial charge in [0, 0.05) is 42.2 Å². The van der Waals surface area contributed by atoms with Crippen LogP contribution in [0.1, 0.15) is 22.7 Å². The number of anilines is 2. The minimum atomic E-state index is -0.276. The number of rotatable bonds is 7. The summed E-state index contributed by atoms with van der Waals surface area (Å²) in [5, 5.41) is 13.6. The predicted octanol–water partition coefficient (Wildman–Crippen LogP) is 3.96. The maximum atomic E-state index is 12.3. The summed E-state index contributed by atoms with van der Waals surface area (Å²) in [7, 11) is 0. The molecule has 0 saturated heterocycles. The Morgan fingerprint density at radius 2 is 1.68 bits per heavy atom. The maximum Gasteiger partial charge on any atom is 0.257 e. The van der Waals surface area contributed by atoms with Crippen LogP contribution < -0.4 is 10.6 Å². The molecule has 0 fully saturated rings. The topological polar surface area (TPSA) is 110 Å². The lowest BCUT2D eigenvalue weighted by Gasteiger charge is -2.08. The van der Waals surface area contributed by atoms with E-state index in [4.69, 9.17) is 4.42 Å². The van der Waals surface area contributed by atoms with Gasteiger partial charge in [-0.1, -0.05) is 24.3 Å². The van der Waals surface area contributed by atoms with Gasteiger partial charge in [-0.25, -0.2) is 0 Å². The SMILES string of the molecule is O=C(CCc1nnc(-c2ccccc2)o1)Nc1cccc(NC(=O)c2cccnc2)c1. The molecule has 31 heavy (non-hydrogen) atoms. The number of benzene rings is 2. The molecule has 0 spiro atoms. The average molecular weight is 413 g/mol. The van der Waals surface area contributed by atoms with Crippen LogP contribution in [-0.2, 0) is 11.2 Å². The predicted molar refractivity (Wildman–Crippen MR) is 115 cm³/mol. The summed E-state index contributed by atoms with van der Waals surface area (Å²) < 4.78 is 5.62. The number of aryl methyl sites for hydroxylation is 1. The zero-order valence-corrected chi connectivity index (χ0v) is 16.5. The van der Waals surface area contributed by atoms with Crippen LogP contribution in [0.3, 0.4) is 0 Å². The molecule has 2 aromatic carbocycles. The van der Waals surface area contributed by atoms with Crippen molar-refractivity contribution >= 4 is 23.2 Å². The molecule has 2 heterocycles. The van der Waals surface area contributed by atoms with E-state index >= 15 is 0 Å². The largest absolute Gasteiger partial charge is 0.421 e. The zero-order valence-electron chi connectivity index (χ0n) is 16.5. The summed E-state index contributed by atoms with van der Waals surface area (Å²) in [5.41, 5.74) is 2.42. The fourth-order valence-corrected chi connectivity index (χ4v) is 2.87. The highest BCUT2D eigenvalue weighted by molar-refractivity contribution is 6.04. The monoisotopic (exact) mass is 413 g/mol. The summed E-state index contributed by atoms with van der Waals surface area (Å²) >= 11 is 0. The second-order valence-corrected chi connectivity index (χ2v) is 6.69. The van der Waals surface area contributed by atoms with Gasteiger partial charge in [-0.15, -0.1) is 10.2 Å². The zero-order chi connectivity index (χ0) is 21.5. The van der Waals surface area contributed by atoms with Crippen molar-refractivity contribution in [2.75, 3.05) is 10.6 Å². The fourth-order valence-electron chi connectivity index (χ4n) is 2.87. The third-order valence-corrected chi connectivity index (χ3v) is 4.38. The van der Waals surface area contributed by atoms with E-state index in [1.54, 1.807) is 42.6 Å². The van der Waals surface area contributed by atoms with Gasteiger partial charge in [-0.2, -0.15) is 0 Å². The summed E-state index contributed by atoms with van der Waals surface area (Å²) in [6.45, 7) is 0. The summed E-state index contributed by atoms with van der Waals surface area (Å²) in [6, 6.07) is 19.7. The van der Waals surface area contributed by atoms with E-state index in [1.807, 2.05) is 30.3 Å². The first-order valence-electron chi connectivity index (χ1n) is 9.66. The second kappa shape index (κ2) is 9.45. The Kier molecular flexibility index (Phi) is 6.08. The molecule has 0 bridgehead atoms. The van der Waals surface area contributed by atoms with Gasteiger partial charge in [0.25, 0.3) is 5.91 Å². The third-order valence-electron chi connectivity index (χ3n) is 4.38. The van der Waals surface area contributed by atoms with E-state index in [1.165, 1.54) is 6.20 Å². The Bertz CT molecular complexity index is 1180. The van der Waals surface area contributed by atoms with E-state index in [2.05, 4.69) is 25.8 Å². The number of aromatic nitrogens is 3. The molecule has 0 aliphatic carbocycles. The Hall–Kier alpha value is -4.33. The quantitative estimate of drug-likeness (QED) is 0.475. The van der Waals surface area contributed by atoms with Crippen LogP contribution in [0, 0.1) is 0 Å². The number of carbonyl (C=O) groups is 2. The van der Waals surface area contributed by atoms with Crippen LogP contribution >= 0.6 is 0 Å². The van der Waals surface area contributed by atoms with Crippen molar-refractivity contribution in [1.82, 2.24) is 15.2 Å². The van der Waals surface area contributed by atoms with E-state index in [0.717, 1.165) is 5.56 Å².